The molecule has 1 fully saturated rings. The summed E-state index contributed by atoms with van der Waals surface area (Å²) in [6.45, 7) is 5.73. The first-order chi connectivity index (χ1) is 6.84. The average molecular weight is 239 g/mol. The van der Waals surface area contributed by atoms with Crippen molar-refractivity contribution in [3.05, 3.63) is 0 Å². The van der Waals surface area contributed by atoms with Gasteiger partial charge in [0, 0.05) is 26.2 Å². The molecule has 5 nitrogen and oxygen atoms in total. The van der Waals surface area contributed by atoms with Crippen LogP contribution in [-0.2, 0) is 14.3 Å². The van der Waals surface area contributed by atoms with E-state index in [0.29, 0.717) is 32.9 Å². The van der Waals surface area contributed by atoms with Crippen molar-refractivity contribution in [1.82, 2.24) is 10.6 Å². The minimum Gasteiger partial charge on any atom is -0.380 e. The van der Waals surface area contributed by atoms with Crippen LogP contribution in [0.25, 0.3) is 0 Å². The molecular weight excluding hydrogens is 220 g/mol. The molecule has 6 heteroatoms. The van der Waals surface area contributed by atoms with Crippen LogP contribution in [-0.4, -0.2) is 51.5 Å². The smallest absolute Gasteiger partial charge is 0.250 e. The Labute approximate surface area is 96.3 Å². The third kappa shape index (κ3) is 5.94. The van der Waals surface area contributed by atoms with E-state index in [9.17, 15) is 4.79 Å². The van der Waals surface area contributed by atoms with Crippen LogP contribution in [0.4, 0.5) is 0 Å². The standard InChI is InChI=1S/C9H18N2O3.ClH/c1-2-13-5-4-11-9(12)8-7-10-3-6-14-8;/h8,10H,2-7H2,1H3,(H,11,12);1H/t8-;/m1./s1. The minimum atomic E-state index is -0.342. The van der Waals surface area contributed by atoms with Crippen LogP contribution in [0.15, 0.2) is 0 Å². The molecule has 1 heterocycles. The maximum atomic E-state index is 11.4. The highest BCUT2D eigenvalue weighted by Gasteiger charge is 2.20. The van der Waals surface area contributed by atoms with E-state index in [0.717, 1.165) is 6.54 Å². The summed E-state index contributed by atoms with van der Waals surface area (Å²) in [6.07, 6.45) is -0.342. The number of halogens is 1. The molecule has 0 bridgehead atoms. The Hall–Kier alpha value is -0.360. The molecule has 2 N–H and O–H groups in total. The molecule has 1 saturated heterocycles. The highest BCUT2D eigenvalue weighted by molar-refractivity contribution is 5.85. The maximum Gasteiger partial charge on any atom is 0.250 e. The molecule has 1 amide bonds. The Morgan fingerprint density at radius 1 is 1.67 bits per heavy atom. The van der Waals surface area contributed by atoms with Gasteiger partial charge >= 0.3 is 0 Å². The fourth-order valence-corrected chi connectivity index (χ4v) is 1.24. The second-order valence-corrected chi connectivity index (χ2v) is 3.05. The molecule has 0 saturated carbocycles. The topological polar surface area (TPSA) is 59.6 Å². The first kappa shape index (κ1) is 14.6. The van der Waals surface area contributed by atoms with E-state index in [1.165, 1.54) is 0 Å². The van der Waals surface area contributed by atoms with Gasteiger partial charge in [0.2, 0.25) is 0 Å². The number of carbonyl (C=O) groups excluding carboxylic acids is 1. The zero-order valence-electron chi connectivity index (χ0n) is 8.95. The molecule has 15 heavy (non-hydrogen) atoms. The first-order valence-corrected chi connectivity index (χ1v) is 5.02. The van der Waals surface area contributed by atoms with Gasteiger partial charge in [-0.15, -0.1) is 12.4 Å². The summed E-state index contributed by atoms with van der Waals surface area (Å²) in [5, 5.41) is 5.86. The van der Waals surface area contributed by atoms with Crippen molar-refractivity contribution in [2.45, 2.75) is 13.0 Å². The Morgan fingerprint density at radius 2 is 2.47 bits per heavy atom. The molecular formula is C9H19ClN2O3. The largest absolute Gasteiger partial charge is 0.380 e. The van der Waals surface area contributed by atoms with E-state index in [-0.39, 0.29) is 24.4 Å². The van der Waals surface area contributed by atoms with Crippen molar-refractivity contribution in [3.63, 3.8) is 0 Å². The molecule has 90 valence electrons. The van der Waals surface area contributed by atoms with Gasteiger partial charge in [-0.3, -0.25) is 4.79 Å². The second kappa shape index (κ2) is 8.91. The van der Waals surface area contributed by atoms with Gasteiger partial charge in [0.05, 0.1) is 13.2 Å². The lowest BCUT2D eigenvalue weighted by atomic mass is 10.3. The predicted molar refractivity (Wildman–Crippen MR) is 59.4 cm³/mol. The first-order valence-electron chi connectivity index (χ1n) is 5.02. The van der Waals surface area contributed by atoms with Gasteiger partial charge in [0.25, 0.3) is 5.91 Å². The lowest BCUT2D eigenvalue weighted by Crippen LogP contribution is -2.48. The number of hydrogen-bond donors (Lipinski definition) is 2. The summed E-state index contributed by atoms with van der Waals surface area (Å²) in [7, 11) is 0. The lowest BCUT2D eigenvalue weighted by molar-refractivity contribution is -0.134. The van der Waals surface area contributed by atoms with Gasteiger partial charge in [-0.25, -0.2) is 0 Å². The molecule has 0 aromatic heterocycles. The van der Waals surface area contributed by atoms with E-state index in [2.05, 4.69) is 10.6 Å². The van der Waals surface area contributed by atoms with Crippen LogP contribution < -0.4 is 10.6 Å². The van der Waals surface area contributed by atoms with Gasteiger partial charge in [-0.05, 0) is 6.92 Å². The maximum absolute atomic E-state index is 11.4. The molecule has 0 aromatic rings. The fourth-order valence-electron chi connectivity index (χ4n) is 1.24. The van der Waals surface area contributed by atoms with Crippen molar-refractivity contribution in [2.24, 2.45) is 0 Å². The van der Waals surface area contributed by atoms with E-state index in [4.69, 9.17) is 9.47 Å². The van der Waals surface area contributed by atoms with E-state index in [1.54, 1.807) is 0 Å². The van der Waals surface area contributed by atoms with Crippen molar-refractivity contribution >= 4 is 18.3 Å². The average Bonchev–Trinajstić information content (AvgIpc) is 2.25. The number of amides is 1. The summed E-state index contributed by atoms with van der Waals surface area (Å²) in [5.41, 5.74) is 0. The summed E-state index contributed by atoms with van der Waals surface area (Å²) >= 11 is 0. The number of nitrogens with one attached hydrogen (secondary N) is 2. The van der Waals surface area contributed by atoms with Gasteiger partial charge in [-0.2, -0.15) is 0 Å². The van der Waals surface area contributed by atoms with Crippen LogP contribution in [0.2, 0.25) is 0 Å². The minimum absolute atomic E-state index is 0. The molecule has 0 aliphatic carbocycles. The number of ether oxygens (including phenoxy) is 2. The molecule has 0 spiro atoms. The predicted octanol–water partition coefficient (Wildman–Crippen LogP) is -0.451. The monoisotopic (exact) mass is 238 g/mol. The molecule has 1 atom stereocenters. The van der Waals surface area contributed by atoms with Crippen LogP contribution in [0, 0.1) is 0 Å². The summed E-state index contributed by atoms with van der Waals surface area (Å²) < 4.78 is 10.4. The third-order valence-electron chi connectivity index (χ3n) is 1.97. The van der Waals surface area contributed by atoms with Crippen LogP contribution in [0.5, 0.6) is 0 Å². The van der Waals surface area contributed by atoms with Crippen molar-refractivity contribution in [3.8, 4) is 0 Å². The zero-order valence-corrected chi connectivity index (χ0v) is 9.77. The van der Waals surface area contributed by atoms with Gasteiger partial charge < -0.3 is 20.1 Å². The molecule has 0 unspecified atom stereocenters. The SMILES string of the molecule is CCOCCNC(=O)[C@H]1CNCCO1.Cl. The highest BCUT2D eigenvalue weighted by Crippen LogP contribution is 1.95. The molecule has 0 radical (unpaired) electrons. The van der Waals surface area contributed by atoms with Gasteiger partial charge in [-0.1, -0.05) is 0 Å². The van der Waals surface area contributed by atoms with E-state index < -0.39 is 0 Å². The van der Waals surface area contributed by atoms with E-state index >= 15 is 0 Å². The molecule has 1 aliphatic heterocycles. The van der Waals surface area contributed by atoms with Gasteiger partial charge in [0.1, 0.15) is 6.10 Å². The molecule has 1 aliphatic rings. The van der Waals surface area contributed by atoms with Crippen molar-refractivity contribution in [1.29, 1.82) is 0 Å². The second-order valence-electron chi connectivity index (χ2n) is 3.05. The Bertz CT molecular complexity index is 175. The van der Waals surface area contributed by atoms with Crippen molar-refractivity contribution < 1.29 is 14.3 Å². The number of morpholine rings is 1. The molecule has 1 rings (SSSR count). The zero-order chi connectivity index (χ0) is 10.2. The molecule has 0 aromatic carbocycles. The Kier molecular flexibility index (Phi) is 8.70. The third-order valence-corrected chi connectivity index (χ3v) is 1.97. The number of carbonyl (C=O) groups is 1. The van der Waals surface area contributed by atoms with Crippen LogP contribution in [0.3, 0.4) is 0 Å². The summed E-state index contributed by atoms with van der Waals surface area (Å²) in [6, 6.07) is 0. The summed E-state index contributed by atoms with van der Waals surface area (Å²) in [4.78, 5) is 11.4. The quantitative estimate of drug-likeness (QED) is 0.637. The number of hydrogen-bond acceptors (Lipinski definition) is 4. The highest BCUT2D eigenvalue weighted by atomic mass is 35.5. The van der Waals surface area contributed by atoms with Crippen LogP contribution >= 0.6 is 12.4 Å². The fraction of sp³-hybridized carbons (Fsp3) is 0.889. The van der Waals surface area contributed by atoms with E-state index in [1.807, 2.05) is 6.92 Å². The Morgan fingerprint density at radius 3 is 3.07 bits per heavy atom. The Balaban J connectivity index is 0.00000196. The van der Waals surface area contributed by atoms with Crippen LogP contribution in [0.1, 0.15) is 6.92 Å². The number of rotatable bonds is 5. The van der Waals surface area contributed by atoms with Gasteiger partial charge in [0.15, 0.2) is 0 Å². The normalized spacial score (nSPS) is 20.5. The summed E-state index contributed by atoms with van der Waals surface area (Å²) in [5.74, 6) is -0.0584. The van der Waals surface area contributed by atoms with Crippen molar-refractivity contribution in [2.75, 3.05) is 39.5 Å². The lowest BCUT2D eigenvalue weighted by Gasteiger charge is -2.22.